The number of amides is 1. The summed E-state index contributed by atoms with van der Waals surface area (Å²) in [6.07, 6.45) is 0.384. The largest absolute Gasteiger partial charge is 0.453 e. The number of fused-ring (bicyclic) bond motifs is 2. The number of nitrogens with zero attached hydrogens (tertiary/aromatic N) is 2. The van der Waals surface area contributed by atoms with Crippen LogP contribution in [0.25, 0.3) is 0 Å². The molecule has 0 atom stereocenters. The van der Waals surface area contributed by atoms with Crippen LogP contribution in [0, 0.1) is 0 Å². The zero-order valence-electron chi connectivity index (χ0n) is 19.0. The summed E-state index contributed by atoms with van der Waals surface area (Å²) in [4.78, 5) is 17.3. The zero-order chi connectivity index (χ0) is 23.7. The number of nitrogens with one attached hydrogen (secondary N) is 2. The summed E-state index contributed by atoms with van der Waals surface area (Å²) in [6.45, 7) is 5.00. The van der Waals surface area contributed by atoms with Crippen LogP contribution in [-0.4, -0.2) is 54.5 Å². The van der Waals surface area contributed by atoms with E-state index in [1.807, 2.05) is 6.07 Å². The van der Waals surface area contributed by atoms with Crippen LogP contribution >= 0.6 is 0 Å². The molecule has 0 unspecified atom stereocenters. The van der Waals surface area contributed by atoms with Gasteiger partial charge >= 0.3 is 6.18 Å². The lowest BCUT2D eigenvalue weighted by Crippen LogP contribution is -2.46. The Kier molecular flexibility index (Phi) is 6.40. The highest BCUT2D eigenvalue weighted by molar-refractivity contribution is 5.78. The third kappa shape index (κ3) is 5.15. The molecule has 2 aromatic carbocycles. The second-order valence-electron chi connectivity index (χ2n) is 9.29. The molecule has 3 aliphatic rings. The van der Waals surface area contributed by atoms with Crippen molar-refractivity contribution in [3.8, 4) is 11.5 Å². The lowest BCUT2D eigenvalue weighted by Gasteiger charge is -2.36. The van der Waals surface area contributed by atoms with E-state index in [9.17, 15) is 18.0 Å². The van der Waals surface area contributed by atoms with Crippen molar-refractivity contribution in [2.75, 3.05) is 38.0 Å². The minimum absolute atomic E-state index is 0.0310. The molecule has 0 bridgehead atoms. The first-order valence-electron chi connectivity index (χ1n) is 11.9. The molecule has 1 amide bonds. The maximum atomic E-state index is 13.0. The quantitative estimate of drug-likeness (QED) is 0.560. The molecule has 0 spiro atoms. The average molecular weight is 475 g/mol. The highest BCUT2D eigenvalue weighted by Crippen LogP contribution is 2.44. The number of likely N-dealkylation sites (tertiary alicyclic amines) is 2. The molecule has 6 nitrogen and oxygen atoms in total. The van der Waals surface area contributed by atoms with Crippen molar-refractivity contribution in [1.82, 2.24) is 15.1 Å². The van der Waals surface area contributed by atoms with Crippen molar-refractivity contribution in [3.63, 3.8) is 0 Å². The van der Waals surface area contributed by atoms with Gasteiger partial charge in [0.15, 0.2) is 11.5 Å². The second-order valence-corrected chi connectivity index (χ2v) is 9.29. The van der Waals surface area contributed by atoms with Gasteiger partial charge in [0.25, 0.3) is 0 Å². The normalized spacial score (nSPS) is 19.1. The number of carbonyl (C=O) groups excluding carboxylic acids is 1. The smallest absolute Gasteiger partial charge is 0.416 e. The molecule has 2 fully saturated rings. The van der Waals surface area contributed by atoms with Crippen molar-refractivity contribution < 1.29 is 22.7 Å². The van der Waals surface area contributed by atoms with E-state index < -0.39 is 11.7 Å². The van der Waals surface area contributed by atoms with E-state index in [1.165, 1.54) is 32.0 Å². The van der Waals surface area contributed by atoms with Crippen LogP contribution in [0.3, 0.4) is 0 Å². The van der Waals surface area contributed by atoms with Gasteiger partial charge in [-0.3, -0.25) is 9.69 Å². The van der Waals surface area contributed by atoms with E-state index in [4.69, 9.17) is 4.74 Å². The van der Waals surface area contributed by atoms with Gasteiger partial charge in [-0.1, -0.05) is 6.07 Å². The molecule has 0 radical (unpaired) electrons. The molecule has 182 valence electrons. The topological polar surface area (TPSA) is 56.8 Å². The van der Waals surface area contributed by atoms with E-state index in [0.29, 0.717) is 36.3 Å². The summed E-state index contributed by atoms with van der Waals surface area (Å²) in [5, 5.41) is 6.05. The number of piperidine rings is 1. The van der Waals surface area contributed by atoms with Crippen molar-refractivity contribution in [2.24, 2.45) is 0 Å². The highest BCUT2D eigenvalue weighted by Gasteiger charge is 2.32. The van der Waals surface area contributed by atoms with Gasteiger partial charge in [-0.05, 0) is 74.7 Å². The Morgan fingerprint density at radius 1 is 1.00 bits per heavy atom. The summed E-state index contributed by atoms with van der Waals surface area (Å²) < 4.78 is 44.8. The molecule has 34 heavy (non-hydrogen) atoms. The first kappa shape index (κ1) is 23.0. The van der Waals surface area contributed by atoms with Crippen molar-refractivity contribution >= 4 is 17.3 Å². The lowest BCUT2D eigenvalue weighted by molar-refractivity contribution is -0.137. The van der Waals surface area contributed by atoms with Gasteiger partial charge in [0.2, 0.25) is 5.91 Å². The summed E-state index contributed by atoms with van der Waals surface area (Å²) >= 11 is 0. The van der Waals surface area contributed by atoms with Gasteiger partial charge in [0.1, 0.15) is 0 Å². The summed E-state index contributed by atoms with van der Waals surface area (Å²) in [6, 6.07) is 9.46. The summed E-state index contributed by atoms with van der Waals surface area (Å²) in [7, 11) is 0. The van der Waals surface area contributed by atoms with E-state index in [2.05, 4.69) is 20.4 Å². The maximum absolute atomic E-state index is 13.0. The van der Waals surface area contributed by atoms with Crippen LogP contribution in [0.2, 0.25) is 0 Å². The van der Waals surface area contributed by atoms with Gasteiger partial charge in [-0.15, -0.1) is 0 Å². The number of alkyl halides is 3. The lowest BCUT2D eigenvalue weighted by atomic mass is 10.0. The van der Waals surface area contributed by atoms with Crippen LogP contribution in [0.4, 0.5) is 24.5 Å². The fraction of sp³-hybridized carbons (Fsp3) is 0.480. The third-order valence-electron chi connectivity index (χ3n) is 6.92. The van der Waals surface area contributed by atoms with Gasteiger partial charge in [-0.2, -0.15) is 13.2 Å². The monoisotopic (exact) mass is 474 g/mol. The predicted octanol–water partition coefficient (Wildman–Crippen LogP) is 4.73. The Morgan fingerprint density at radius 3 is 2.38 bits per heavy atom. The van der Waals surface area contributed by atoms with Gasteiger partial charge in [-0.25, -0.2) is 0 Å². The number of halogens is 3. The Morgan fingerprint density at radius 2 is 1.68 bits per heavy atom. The van der Waals surface area contributed by atoms with Crippen LogP contribution in [0.1, 0.15) is 36.8 Å². The van der Waals surface area contributed by atoms with Crippen LogP contribution in [-0.2, 0) is 17.5 Å². The number of ether oxygens (including phenoxy) is 1. The highest BCUT2D eigenvalue weighted by atomic mass is 19.4. The molecular formula is C25H29F3N4O2. The molecule has 2 N–H and O–H groups in total. The number of rotatable bonds is 5. The Hall–Kier alpha value is -2.78. The maximum Gasteiger partial charge on any atom is 0.416 e. The zero-order valence-corrected chi connectivity index (χ0v) is 19.0. The van der Waals surface area contributed by atoms with Gasteiger partial charge in [0, 0.05) is 25.7 Å². The van der Waals surface area contributed by atoms with E-state index >= 15 is 0 Å². The van der Waals surface area contributed by atoms with Crippen LogP contribution < -0.4 is 15.4 Å². The van der Waals surface area contributed by atoms with Crippen LogP contribution in [0.5, 0.6) is 11.5 Å². The number of carbonyl (C=O) groups is 1. The molecule has 2 saturated heterocycles. The molecule has 9 heteroatoms. The predicted molar refractivity (Wildman–Crippen MR) is 123 cm³/mol. The number of benzene rings is 2. The van der Waals surface area contributed by atoms with Crippen molar-refractivity contribution in [2.45, 2.75) is 44.4 Å². The van der Waals surface area contributed by atoms with Crippen molar-refractivity contribution in [1.29, 1.82) is 0 Å². The molecule has 0 saturated carbocycles. The SMILES string of the molecule is O=C(CN1CCC(N2CCCC2)CC1)NCc1ccc2c(c1)Oc1cc(C(F)(F)F)ccc1N2. The fourth-order valence-corrected chi connectivity index (χ4v) is 5.02. The van der Waals surface area contributed by atoms with Gasteiger partial charge in [0.05, 0.1) is 23.5 Å². The number of anilines is 2. The summed E-state index contributed by atoms with van der Waals surface area (Å²) in [5.41, 5.74) is 1.21. The Bertz CT molecular complexity index is 1040. The van der Waals surface area contributed by atoms with E-state index in [-0.39, 0.29) is 11.7 Å². The summed E-state index contributed by atoms with van der Waals surface area (Å²) in [5.74, 6) is 0.528. The van der Waals surface area contributed by atoms with Gasteiger partial charge < -0.3 is 20.3 Å². The first-order chi connectivity index (χ1) is 16.3. The third-order valence-corrected chi connectivity index (χ3v) is 6.92. The number of hydrogen-bond donors (Lipinski definition) is 2. The molecule has 0 aliphatic carbocycles. The second kappa shape index (κ2) is 9.46. The molecule has 3 aliphatic heterocycles. The van der Waals surface area contributed by atoms with E-state index in [1.54, 1.807) is 12.1 Å². The molecule has 0 aromatic heterocycles. The first-order valence-corrected chi connectivity index (χ1v) is 11.9. The minimum Gasteiger partial charge on any atom is -0.453 e. The van der Waals surface area contributed by atoms with Crippen molar-refractivity contribution in [3.05, 3.63) is 47.5 Å². The average Bonchev–Trinajstić information content (AvgIpc) is 3.36. The standard InChI is InChI=1S/C25H29F3N4O2/c26-25(27,28)18-4-6-21-23(14-18)34-22-13-17(3-5-20(22)30-21)15-29-24(33)16-31-11-7-19(8-12-31)32-9-1-2-10-32/h3-6,13-14,19,30H,1-2,7-12,15-16H2,(H,29,33). The molecule has 5 rings (SSSR count). The fourth-order valence-electron chi connectivity index (χ4n) is 5.02. The minimum atomic E-state index is -4.44. The number of hydrogen-bond acceptors (Lipinski definition) is 5. The Balaban J connectivity index is 1.13. The molecule has 3 heterocycles. The van der Waals surface area contributed by atoms with Crippen LogP contribution in [0.15, 0.2) is 36.4 Å². The Labute approximate surface area is 197 Å². The molecule has 2 aromatic rings. The molecular weight excluding hydrogens is 445 g/mol. The van der Waals surface area contributed by atoms with E-state index in [0.717, 1.165) is 43.6 Å².